The molecule has 110 valence electrons. The molecule has 2 aliphatic rings. The van der Waals surface area contributed by atoms with Crippen molar-refractivity contribution >= 4 is 5.69 Å². The zero-order chi connectivity index (χ0) is 13.9. The van der Waals surface area contributed by atoms with Crippen LogP contribution in [0.5, 0.6) is 0 Å². The summed E-state index contributed by atoms with van der Waals surface area (Å²) < 4.78 is 6.15. The number of para-hydroxylation sites is 1. The molecule has 0 saturated carbocycles. The van der Waals surface area contributed by atoms with Crippen molar-refractivity contribution in [3.8, 4) is 0 Å². The third-order valence-corrected chi connectivity index (χ3v) is 4.48. The van der Waals surface area contributed by atoms with Crippen LogP contribution in [0.1, 0.15) is 25.3 Å². The molecule has 3 heteroatoms. The number of hydrogen-bond donors (Lipinski definition) is 1. The summed E-state index contributed by atoms with van der Waals surface area (Å²) in [5, 5.41) is 3.22. The van der Waals surface area contributed by atoms with Gasteiger partial charge in [0, 0.05) is 25.3 Å². The topological polar surface area (TPSA) is 24.5 Å². The third kappa shape index (κ3) is 2.99. The normalized spacial score (nSPS) is 29.5. The number of ether oxygens (including phenoxy) is 1. The van der Waals surface area contributed by atoms with Gasteiger partial charge in [0.25, 0.3) is 0 Å². The van der Waals surface area contributed by atoms with E-state index in [1.165, 1.54) is 30.5 Å². The first-order chi connectivity index (χ1) is 9.76. The second kappa shape index (κ2) is 6.15. The van der Waals surface area contributed by atoms with Crippen molar-refractivity contribution in [1.82, 2.24) is 5.32 Å². The monoisotopic (exact) mass is 274 g/mol. The summed E-state index contributed by atoms with van der Waals surface area (Å²) in [5.41, 5.74) is 2.92. The summed E-state index contributed by atoms with van der Waals surface area (Å²) in [6, 6.07) is 8.85. The van der Waals surface area contributed by atoms with Gasteiger partial charge in [0.2, 0.25) is 0 Å². The minimum absolute atomic E-state index is 0.395. The van der Waals surface area contributed by atoms with Crippen LogP contribution in [0.4, 0.5) is 5.69 Å². The quantitative estimate of drug-likeness (QED) is 0.913. The van der Waals surface area contributed by atoms with E-state index in [0.717, 1.165) is 25.6 Å². The van der Waals surface area contributed by atoms with E-state index >= 15 is 0 Å². The Bertz CT molecular complexity index is 448. The number of fused-ring (bicyclic) bond motifs is 1. The van der Waals surface area contributed by atoms with Crippen LogP contribution in [0, 0.1) is 5.92 Å². The molecule has 1 aromatic rings. The van der Waals surface area contributed by atoms with Gasteiger partial charge in [-0.25, -0.2) is 0 Å². The molecule has 1 fully saturated rings. The van der Waals surface area contributed by atoms with Crippen LogP contribution in [0.2, 0.25) is 0 Å². The minimum Gasteiger partial charge on any atom is -0.372 e. The first kappa shape index (κ1) is 13.9. The smallest absolute Gasteiger partial charge is 0.0755 e. The van der Waals surface area contributed by atoms with Crippen molar-refractivity contribution in [3.63, 3.8) is 0 Å². The summed E-state index contributed by atoms with van der Waals surface area (Å²) >= 11 is 0. The van der Waals surface area contributed by atoms with E-state index in [1.54, 1.807) is 0 Å². The van der Waals surface area contributed by atoms with Gasteiger partial charge in [0.05, 0.1) is 12.2 Å². The molecule has 3 rings (SSSR count). The number of anilines is 1. The maximum absolute atomic E-state index is 6.15. The first-order valence-corrected chi connectivity index (χ1v) is 7.89. The van der Waals surface area contributed by atoms with Crippen molar-refractivity contribution < 1.29 is 4.74 Å². The largest absolute Gasteiger partial charge is 0.372 e. The third-order valence-electron chi connectivity index (χ3n) is 4.48. The Morgan fingerprint density at radius 1 is 1.25 bits per heavy atom. The molecule has 0 radical (unpaired) electrons. The maximum atomic E-state index is 6.15. The first-order valence-electron chi connectivity index (χ1n) is 7.89. The molecule has 1 N–H and O–H groups in total. The van der Waals surface area contributed by atoms with Crippen molar-refractivity contribution in [2.45, 2.75) is 38.4 Å². The Morgan fingerprint density at radius 2 is 2.05 bits per heavy atom. The predicted octanol–water partition coefficient (Wildman–Crippen LogP) is 2.45. The second-order valence-corrected chi connectivity index (χ2v) is 6.36. The van der Waals surface area contributed by atoms with Crippen LogP contribution < -0.4 is 10.2 Å². The van der Waals surface area contributed by atoms with Gasteiger partial charge in [0.1, 0.15) is 0 Å². The molecule has 0 bridgehead atoms. The van der Waals surface area contributed by atoms with Gasteiger partial charge in [0.15, 0.2) is 0 Å². The molecule has 1 aromatic carbocycles. The number of benzene rings is 1. The number of rotatable bonds is 4. The lowest BCUT2D eigenvalue weighted by Gasteiger charge is -2.36. The summed E-state index contributed by atoms with van der Waals surface area (Å²) in [4.78, 5) is 2.54. The van der Waals surface area contributed by atoms with Gasteiger partial charge in [-0.1, -0.05) is 25.1 Å². The van der Waals surface area contributed by atoms with Crippen LogP contribution in [0.3, 0.4) is 0 Å². The summed E-state index contributed by atoms with van der Waals surface area (Å²) in [7, 11) is 2.00. The minimum atomic E-state index is 0.395. The predicted molar refractivity (Wildman–Crippen MR) is 83.3 cm³/mol. The van der Waals surface area contributed by atoms with E-state index in [-0.39, 0.29) is 0 Å². The average molecular weight is 274 g/mol. The summed E-state index contributed by atoms with van der Waals surface area (Å²) in [6.45, 7) is 5.53. The van der Waals surface area contributed by atoms with E-state index in [0.29, 0.717) is 12.2 Å². The zero-order valence-corrected chi connectivity index (χ0v) is 12.6. The van der Waals surface area contributed by atoms with Crippen molar-refractivity contribution in [3.05, 3.63) is 29.8 Å². The van der Waals surface area contributed by atoms with Gasteiger partial charge in [-0.05, 0) is 43.9 Å². The van der Waals surface area contributed by atoms with Crippen molar-refractivity contribution in [2.24, 2.45) is 5.92 Å². The SMILES string of the molecule is CNCC1CCC(CN2CC(C)Cc3ccccc32)O1. The molecule has 0 aliphatic carbocycles. The second-order valence-electron chi connectivity index (χ2n) is 6.36. The van der Waals surface area contributed by atoms with Gasteiger partial charge in [-0.3, -0.25) is 0 Å². The van der Waals surface area contributed by atoms with Gasteiger partial charge in [-0.15, -0.1) is 0 Å². The maximum Gasteiger partial charge on any atom is 0.0755 e. The Balaban J connectivity index is 1.66. The molecule has 2 heterocycles. The number of hydrogen-bond acceptors (Lipinski definition) is 3. The van der Waals surface area contributed by atoms with Crippen LogP contribution in [0.15, 0.2) is 24.3 Å². The fourth-order valence-electron chi connectivity index (χ4n) is 3.62. The Kier molecular flexibility index (Phi) is 4.27. The highest BCUT2D eigenvalue weighted by atomic mass is 16.5. The lowest BCUT2D eigenvalue weighted by Crippen LogP contribution is -2.39. The van der Waals surface area contributed by atoms with E-state index < -0.39 is 0 Å². The molecule has 0 aromatic heterocycles. The molecule has 2 aliphatic heterocycles. The van der Waals surface area contributed by atoms with Crippen molar-refractivity contribution in [2.75, 3.05) is 31.6 Å². The molecule has 0 spiro atoms. The zero-order valence-electron chi connectivity index (χ0n) is 12.6. The molecular weight excluding hydrogens is 248 g/mol. The number of nitrogens with one attached hydrogen (secondary N) is 1. The van der Waals surface area contributed by atoms with Crippen LogP contribution >= 0.6 is 0 Å². The number of nitrogens with zero attached hydrogens (tertiary/aromatic N) is 1. The summed E-state index contributed by atoms with van der Waals surface area (Å²) in [6.07, 6.45) is 4.39. The van der Waals surface area contributed by atoms with E-state index in [4.69, 9.17) is 4.74 Å². The highest BCUT2D eigenvalue weighted by Gasteiger charge is 2.29. The molecular formula is C17H26N2O. The molecule has 3 nitrogen and oxygen atoms in total. The van der Waals surface area contributed by atoms with Crippen LogP contribution in [-0.2, 0) is 11.2 Å². The Labute approximate surface area is 122 Å². The Hall–Kier alpha value is -1.06. The standard InChI is InChI=1S/C17H26N2O/c1-13-9-14-5-3-4-6-17(14)19(11-13)12-16-8-7-15(20-16)10-18-2/h3-6,13,15-16,18H,7-12H2,1-2H3. The van der Waals surface area contributed by atoms with Gasteiger partial charge >= 0.3 is 0 Å². The highest BCUT2D eigenvalue weighted by molar-refractivity contribution is 5.55. The van der Waals surface area contributed by atoms with Crippen LogP contribution in [0.25, 0.3) is 0 Å². The lowest BCUT2D eigenvalue weighted by atomic mass is 9.93. The average Bonchev–Trinajstić information content (AvgIpc) is 2.86. The van der Waals surface area contributed by atoms with Gasteiger partial charge in [-0.2, -0.15) is 0 Å². The molecule has 20 heavy (non-hydrogen) atoms. The van der Waals surface area contributed by atoms with E-state index in [9.17, 15) is 0 Å². The molecule has 3 unspecified atom stereocenters. The summed E-state index contributed by atoms with van der Waals surface area (Å²) in [5.74, 6) is 0.736. The van der Waals surface area contributed by atoms with E-state index in [2.05, 4.69) is 41.4 Å². The Morgan fingerprint density at radius 3 is 2.90 bits per heavy atom. The van der Waals surface area contributed by atoms with E-state index in [1.807, 2.05) is 7.05 Å². The molecule has 3 atom stereocenters. The fraction of sp³-hybridized carbons (Fsp3) is 0.647. The van der Waals surface area contributed by atoms with Crippen LogP contribution in [-0.4, -0.2) is 38.9 Å². The van der Waals surface area contributed by atoms with Crippen molar-refractivity contribution in [1.29, 1.82) is 0 Å². The number of likely N-dealkylation sites (N-methyl/N-ethyl adjacent to an activating group) is 1. The highest BCUT2D eigenvalue weighted by Crippen LogP contribution is 2.31. The lowest BCUT2D eigenvalue weighted by molar-refractivity contribution is 0.0500. The van der Waals surface area contributed by atoms with Gasteiger partial charge < -0.3 is 15.0 Å². The fourth-order valence-corrected chi connectivity index (χ4v) is 3.62. The molecule has 1 saturated heterocycles. The molecule has 0 amide bonds.